The quantitative estimate of drug-likeness (QED) is 0.695. The van der Waals surface area contributed by atoms with Crippen molar-refractivity contribution in [2.45, 2.75) is 19.6 Å². The molecule has 0 unspecified atom stereocenters. The van der Waals surface area contributed by atoms with Gasteiger partial charge in [0, 0.05) is 12.1 Å². The van der Waals surface area contributed by atoms with Crippen LogP contribution in [0.2, 0.25) is 0 Å². The maximum Gasteiger partial charge on any atom is 0.120 e. The maximum atomic E-state index is 9.62. The molecule has 0 spiro atoms. The Kier molecular flexibility index (Phi) is 4.95. The minimum absolute atomic E-state index is 0.0891. The lowest BCUT2D eigenvalue weighted by Gasteiger charge is -2.07. The summed E-state index contributed by atoms with van der Waals surface area (Å²) in [5.74, 6) is 0.335. The molecule has 0 radical (unpaired) electrons. The van der Waals surface area contributed by atoms with E-state index >= 15 is 0 Å². The van der Waals surface area contributed by atoms with E-state index in [9.17, 15) is 5.11 Å². The second-order valence-electron chi connectivity index (χ2n) is 4.53. The number of aliphatic hydroxyl groups excluding tert-OH is 1. The van der Waals surface area contributed by atoms with Crippen molar-refractivity contribution in [2.75, 3.05) is 6.54 Å². The summed E-state index contributed by atoms with van der Waals surface area (Å²) in [6, 6.07) is 15.3. The van der Waals surface area contributed by atoms with Crippen molar-refractivity contribution in [3.05, 3.63) is 65.2 Å². The predicted octanol–water partition coefficient (Wildman–Crippen LogP) is 2.22. The summed E-state index contributed by atoms with van der Waals surface area (Å²) in [6.45, 7) is 1.61. The summed E-state index contributed by atoms with van der Waals surface area (Å²) < 4.78 is 0. The molecule has 0 aromatic heterocycles. The lowest BCUT2D eigenvalue weighted by molar-refractivity contribution is 0.282. The monoisotopic (exact) mass is 257 g/mol. The molecule has 2 aromatic rings. The Balaban J connectivity index is 1.76. The van der Waals surface area contributed by atoms with Crippen LogP contribution in [0.5, 0.6) is 5.75 Å². The van der Waals surface area contributed by atoms with Crippen LogP contribution in [0.15, 0.2) is 48.5 Å². The molecular weight excluding hydrogens is 238 g/mol. The normalized spacial score (nSPS) is 10.6. The molecule has 100 valence electrons. The van der Waals surface area contributed by atoms with Gasteiger partial charge in [-0.2, -0.15) is 0 Å². The van der Waals surface area contributed by atoms with E-state index in [0.29, 0.717) is 12.3 Å². The Bertz CT molecular complexity index is 508. The Morgan fingerprint density at radius 3 is 2.26 bits per heavy atom. The van der Waals surface area contributed by atoms with E-state index < -0.39 is 0 Å². The molecule has 0 amide bonds. The lowest BCUT2D eigenvalue weighted by atomic mass is 10.1. The summed E-state index contributed by atoms with van der Waals surface area (Å²) in [5, 5.41) is 21.9. The van der Waals surface area contributed by atoms with E-state index in [1.807, 2.05) is 42.5 Å². The third-order valence-electron chi connectivity index (χ3n) is 3.10. The van der Waals surface area contributed by atoms with Crippen LogP contribution in [-0.2, 0) is 19.6 Å². The van der Waals surface area contributed by atoms with Gasteiger partial charge in [0.1, 0.15) is 5.75 Å². The number of nitrogens with one attached hydrogen (secondary N) is 1. The zero-order chi connectivity index (χ0) is 13.5. The minimum Gasteiger partial charge on any atom is -0.508 e. The Morgan fingerprint density at radius 1 is 0.895 bits per heavy atom. The first-order valence-electron chi connectivity index (χ1n) is 6.46. The van der Waals surface area contributed by atoms with E-state index in [4.69, 9.17) is 5.11 Å². The average molecular weight is 257 g/mol. The molecule has 0 aliphatic heterocycles. The predicted molar refractivity (Wildman–Crippen MR) is 75.9 cm³/mol. The van der Waals surface area contributed by atoms with Gasteiger partial charge in [0.15, 0.2) is 0 Å². The highest BCUT2D eigenvalue weighted by atomic mass is 16.3. The molecule has 0 aliphatic carbocycles. The van der Waals surface area contributed by atoms with E-state index in [1.54, 1.807) is 6.07 Å². The molecular formula is C16H19NO2. The Labute approximate surface area is 113 Å². The van der Waals surface area contributed by atoms with Gasteiger partial charge in [-0.3, -0.25) is 0 Å². The summed E-state index contributed by atoms with van der Waals surface area (Å²) in [6.07, 6.45) is 0.930. The fourth-order valence-corrected chi connectivity index (χ4v) is 1.93. The number of phenolic OH excluding ortho intramolecular Hbond substituents is 1. The molecule has 3 nitrogen and oxygen atoms in total. The molecule has 3 N–H and O–H groups in total. The number of phenols is 1. The molecule has 0 bridgehead atoms. The van der Waals surface area contributed by atoms with Crippen LogP contribution in [0.1, 0.15) is 16.7 Å². The van der Waals surface area contributed by atoms with E-state index in [2.05, 4.69) is 5.32 Å². The van der Waals surface area contributed by atoms with Crippen molar-refractivity contribution in [3.63, 3.8) is 0 Å². The van der Waals surface area contributed by atoms with Crippen LogP contribution in [0.3, 0.4) is 0 Å². The first-order valence-corrected chi connectivity index (χ1v) is 6.46. The number of hydrogen-bond donors (Lipinski definition) is 3. The number of benzene rings is 2. The van der Waals surface area contributed by atoms with Crippen LogP contribution in [0.25, 0.3) is 0 Å². The average Bonchev–Trinajstić information content (AvgIpc) is 2.46. The molecule has 2 rings (SSSR count). The maximum absolute atomic E-state index is 9.62. The van der Waals surface area contributed by atoms with Gasteiger partial charge in [-0.05, 0) is 30.2 Å². The van der Waals surface area contributed by atoms with E-state index in [0.717, 1.165) is 24.1 Å². The molecule has 2 aromatic carbocycles. The second kappa shape index (κ2) is 6.92. The number of para-hydroxylation sites is 1. The topological polar surface area (TPSA) is 52.5 Å². The van der Waals surface area contributed by atoms with Gasteiger partial charge in [0.05, 0.1) is 6.61 Å². The Hall–Kier alpha value is -1.84. The van der Waals surface area contributed by atoms with Crippen LogP contribution >= 0.6 is 0 Å². The van der Waals surface area contributed by atoms with Crippen molar-refractivity contribution >= 4 is 0 Å². The first kappa shape index (κ1) is 13.6. The van der Waals surface area contributed by atoms with Crippen LogP contribution in [0.4, 0.5) is 0 Å². The zero-order valence-corrected chi connectivity index (χ0v) is 10.8. The summed E-state index contributed by atoms with van der Waals surface area (Å²) in [4.78, 5) is 0. The second-order valence-corrected chi connectivity index (χ2v) is 4.53. The molecule has 0 atom stereocenters. The van der Waals surface area contributed by atoms with Crippen molar-refractivity contribution in [1.29, 1.82) is 0 Å². The highest BCUT2D eigenvalue weighted by Gasteiger charge is 1.99. The third kappa shape index (κ3) is 4.09. The van der Waals surface area contributed by atoms with Crippen molar-refractivity contribution in [1.82, 2.24) is 5.32 Å². The Morgan fingerprint density at radius 2 is 1.58 bits per heavy atom. The van der Waals surface area contributed by atoms with Gasteiger partial charge in [-0.25, -0.2) is 0 Å². The van der Waals surface area contributed by atoms with Gasteiger partial charge in [0.2, 0.25) is 0 Å². The van der Waals surface area contributed by atoms with Crippen molar-refractivity contribution < 1.29 is 10.2 Å². The van der Waals surface area contributed by atoms with Crippen LogP contribution in [0, 0.1) is 0 Å². The molecule has 3 heteroatoms. The largest absolute Gasteiger partial charge is 0.508 e. The van der Waals surface area contributed by atoms with Crippen LogP contribution in [-0.4, -0.2) is 16.8 Å². The fraction of sp³-hybridized carbons (Fsp3) is 0.250. The minimum atomic E-state index is 0.0891. The third-order valence-corrected chi connectivity index (χ3v) is 3.10. The SMILES string of the molecule is OCc1ccc(CCNCc2ccccc2O)cc1. The number of aromatic hydroxyl groups is 1. The summed E-state index contributed by atoms with van der Waals surface area (Å²) >= 11 is 0. The molecule has 0 aliphatic rings. The highest BCUT2D eigenvalue weighted by Crippen LogP contribution is 2.14. The van der Waals surface area contributed by atoms with Gasteiger partial charge in [0.25, 0.3) is 0 Å². The molecule has 0 saturated heterocycles. The van der Waals surface area contributed by atoms with Gasteiger partial charge >= 0.3 is 0 Å². The highest BCUT2D eigenvalue weighted by molar-refractivity contribution is 5.31. The molecule has 0 saturated carbocycles. The van der Waals surface area contributed by atoms with Crippen molar-refractivity contribution in [3.8, 4) is 5.75 Å². The zero-order valence-electron chi connectivity index (χ0n) is 10.8. The molecule has 0 fully saturated rings. The van der Waals surface area contributed by atoms with Gasteiger partial charge < -0.3 is 15.5 Å². The smallest absolute Gasteiger partial charge is 0.120 e. The van der Waals surface area contributed by atoms with Gasteiger partial charge in [-0.1, -0.05) is 42.5 Å². The summed E-state index contributed by atoms with van der Waals surface area (Å²) in [7, 11) is 0. The standard InChI is InChI=1S/C16H19NO2/c18-12-14-7-5-13(6-8-14)9-10-17-11-15-3-1-2-4-16(15)19/h1-8,17-19H,9-12H2. The molecule has 0 heterocycles. The number of aliphatic hydroxyl groups is 1. The number of hydrogen-bond acceptors (Lipinski definition) is 3. The van der Waals surface area contributed by atoms with Crippen molar-refractivity contribution in [2.24, 2.45) is 0 Å². The fourth-order valence-electron chi connectivity index (χ4n) is 1.93. The molecule has 19 heavy (non-hydrogen) atoms. The van der Waals surface area contributed by atoms with E-state index in [1.165, 1.54) is 5.56 Å². The van der Waals surface area contributed by atoms with Crippen LogP contribution < -0.4 is 5.32 Å². The van der Waals surface area contributed by atoms with Gasteiger partial charge in [-0.15, -0.1) is 0 Å². The first-order chi connectivity index (χ1) is 9.29. The lowest BCUT2D eigenvalue weighted by Crippen LogP contribution is -2.16. The van der Waals surface area contributed by atoms with E-state index in [-0.39, 0.29) is 6.61 Å². The summed E-state index contributed by atoms with van der Waals surface area (Å²) in [5.41, 5.74) is 3.09. The number of rotatable bonds is 6.